The molecule has 0 unspecified atom stereocenters. The van der Waals surface area contributed by atoms with E-state index in [4.69, 9.17) is 4.74 Å². The standard InChI is InChI=1S/C28H32N4O2S/c1-19-8-9-25(34-11-10-31(3)4)16-26(19)28(33)30-20(2)21-13-22(24-17-29-32(5)18-24)15-23(14-21)27-7-6-12-35-27/h6-9,12-18,20H,10-11H2,1-5H3,(H,30,33)/t20-/m1/s1. The molecule has 182 valence electrons. The Morgan fingerprint density at radius 3 is 2.63 bits per heavy atom. The Balaban J connectivity index is 1.58. The summed E-state index contributed by atoms with van der Waals surface area (Å²) < 4.78 is 7.65. The molecule has 2 aromatic carbocycles. The molecule has 1 amide bonds. The van der Waals surface area contributed by atoms with Gasteiger partial charge in [-0.1, -0.05) is 12.1 Å². The number of carbonyl (C=O) groups is 1. The van der Waals surface area contributed by atoms with Crippen LogP contribution in [-0.2, 0) is 7.05 Å². The van der Waals surface area contributed by atoms with E-state index in [0.717, 1.165) is 34.4 Å². The number of likely N-dealkylation sites (N-methyl/N-ethyl adjacent to an activating group) is 1. The molecular weight excluding hydrogens is 456 g/mol. The number of amides is 1. The van der Waals surface area contributed by atoms with Crippen LogP contribution in [0.3, 0.4) is 0 Å². The van der Waals surface area contributed by atoms with E-state index in [-0.39, 0.29) is 11.9 Å². The second kappa shape index (κ2) is 10.9. The molecule has 0 spiro atoms. The third kappa shape index (κ3) is 6.18. The van der Waals surface area contributed by atoms with Gasteiger partial charge in [0.1, 0.15) is 12.4 Å². The van der Waals surface area contributed by atoms with E-state index >= 15 is 0 Å². The number of thiophene rings is 1. The van der Waals surface area contributed by atoms with E-state index in [1.807, 2.05) is 65.6 Å². The first-order chi connectivity index (χ1) is 16.8. The van der Waals surface area contributed by atoms with Crippen LogP contribution < -0.4 is 10.1 Å². The molecule has 4 rings (SSSR count). The number of hydrogen-bond donors (Lipinski definition) is 1. The van der Waals surface area contributed by atoms with Gasteiger partial charge in [-0.05, 0) is 92.0 Å². The van der Waals surface area contributed by atoms with E-state index < -0.39 is 0 Å². The molecule has 1 atom stereocenters. The highest BCUT2D eigenvalue weighted by Crippen LogP contribution is 2.33. The largest absolute Gasteiger partial charge is 0.492 e. The number of carbonyl (C=O) groups excluding carboxylic acids is 1. The molecule has 0 aliphatic rings. The van der Waals surface area contributed by atoms with Crippen molar-refractivity contribution in [2.24, 2.45) is 7.05 Å². The summed E-state index contributed by atoms with van der Waals surface area (Å²) in [4.78, 5) is 16.5. The minimum Gasteiger partial charge on any atom is -0.492 e. The van der Waals surface area contributed by atoms with Crippen molar-refractivity contribution in [3.63, 3.8) is 0 Å². The maximum atomic E-state index is 13.3. The maximum Gasteiger partial charge on any atom is 0.252 e. The Kier molecular flexibility index (Phi) is 7.68. The minimum absolute atomic E-state index is 0.113. The number of nitrogens with zero attached hydrogens (tertiary/aromatic N) is 3. The summed E-state index contributed by atoms with van der Waals surface area (Å²) >= 11 is 1.70. The number of benzene rings is 2. The van der Waals surface area contributed by atoms with Crippen molar-refractivity contribution in [1.82, 2.24) is 20.0 Å². The fourth-order valence-corrected chi connectivity index (χ4v) is 4.58. The molecule has 0 saturated carbocycles. The van der Waals surface area contributed by atoms with Crippen molar-refractivity contribution < 1.29 is 9.53 Å². The summed E-state index contributed by atoms with van der Waals surface area (Å²) in [5, 5.41) is 9.60. The number of rotatable bonds is 9. The fraction of sp³-hybridized carbons (Fsp3) is 0.286. The van der Waals surface area contributed by atoms with E-state index in [1.54, 1.807) is 16.0 Å². The highest BCUT2D eigenvalue weighted by molar-refractivity contribution is 7.13. The van der Waals surface area contributed by atoms with Crippen molar-refractivity contribution in [2.75, 3.05) is 27.2 Å². The first-order valence-electron chi connectivity index (χ1n) is 11.7. The molecule has 1 N–H and O–H groups in total. The average Bonchev–Trinajstić information content (AvgIpc) is 3.52. The first-order valence-corrected chi connectivity index (χ1v) is 12.5. The zero-order chi connectivity index (χ0) is 24.9. The molecule has 35 heavy (non-hydrogen) atoms. The molecule has 6 nitrogen and oxygen atoms in total. The van der Waals surface area contributed by atoms with Crippen molar-refractivity contribution >= 4 is 17.2 Å². The maximum absolute atomic E-state index is 13.3. The highest BCUT2D eigenvalue weighted by Gasteiger charge is 2.17. The Hall–Kier alpha value is -3.42. The molecule has 4 aromatic rings. The summed E-state index contributed by atoms with van der Waals surface area (Å²) in [6.45, 7) is 5.35. The molecule has 0 radical (unpaired) electrons. The summed E-state index contributed by atoms with van der Waals surface area (Å²) in [7, 11) is 5.93. The van der Waals surface area contributed by atoms with Gasteiger partial charge in [-0.25, -0.2) is 0 Å². The summed E-state index contributed by atoms with van der Waals surface area (Å²) in [6, 6.07) is 16.1. The van der Waals surface area contributed by atoms with Gasteiger partial charge in [0.05, 0.1) is 12.2 Å². The first kappa shape index (κ1) is 24.7. The van der Waals surface area contributed by atoms with Gasteiger partial charge in [-0.3, -0.25) is 9.48 Å². The van der Waals surface area contributed by atoms with Gasteiger partial charge < -0.3 is 15.0 Å². The molecule has 0 saturated heterocycles. The number of ether oxygens (including phenoxy) is 1. The average molecular weight is 489 g/mol. The Morgan fingerprint density at radius 2 is 1.94 bits per heavy atom. The molecule has 7 heteroatoms. The van der Waals surface area contributed by atoms with Crippen LogP contribution in [0.4, 0.5) is 0 Å². The van der Waals surface area contributed by atoms with Crippen LogP contribution in [0, 0.1) is 6.92 Å². The summed E-state index contributed by atoms with van der Waals surface area (Å²) in [6.07, 6.45) is 3.87. The van der Waals surface area contributed by atoms with Crippen molar-refractivity contribution in [3.8, 4) is 27.3 Å². The smallest absolute Gasteiger partial charge is 0.252 e. The van der Waals surface area contributed by atoms with Crippen LogP contribution in [-0.4, -0.2) is 47.8 Å². The fourth-order valence-electron chi connectivity index (χ4n) is 3.86. The molecule has 2 aromatic heterocycles. The minimum atomic E-state index is -0.185. The second-order valence-corrected chi connectivity index (χ2v) is 9.99. The van der Waals surface area contributed by atoms with Gasteiger partial charge >= 0.3 is 0 Å². The number of nitrogens with one attached hydrogen (secondary N) is 1. The lowest BCUT2D eigenvalue weighted by atomic mass is 9.97. The number of hydrogen-bond acceptors (Lipinski definition) is 5. The Labute approximate surface area is 211 Å². The molecule has 0 bridgehead atoms. The van der Waals surface area contributed by atoms with E-state index in [0.29, 0.717) is 17.9 Å². The van der Waals surface area contributed by atoms with Crippen LogP contribution in [0.2, 0.25) is 0 Å². The molecule has 0 aliphatic carbocycles. The topological polar surface area (TPSA) is 59.4 Å². The van der Waals surface area contributed by atoms with Gasteiger partial charge in [0.15, 0.2) is 0 Å². The second-order valence-electron chi connectivity index (χ2n) is 9.05. The van der Waals surface area contributed by atoms with Crippen LogP contribution in [0.25, 0.3) is 21.6 Å². The lowest BCUT2D eigenvalue weighted by Crippen LogP contribution is -2.27. The van der Waals surface area contributed by atoms with Gasteiger partial charge in [-0.15, -0.1) is 11.3 Å². The van der Waals surface area contributed by atoms with E-state index in [2.05, 4.69) is 51.0 Å². The van der Waals surface area contributed by atoms with Crippen molar-refractivity contribution in [2.45, 2.75) is 19.9 Å². The van der Waals surface area contributed by atoms with Gasteiger partial charge in [-0.2, -0.15) is 5.10 Å². The Morgan fingerprint density at radius 1 is 1.14 bits per heavy atom. The van der Waals surface area contributed by atoms with Crippen LogP contribution in [0.1, 0.15) is 34.5 Å². The van der Waals surface area contributed by atoms with Crippen molar-refractivity contribution in [3.05, 3.63) is 83.0 Å². The summed E-state index contributed by atoms with van der Waals surface area (Å²) in [5.41, 5.74) is 5.83. The third-order valence-electron chi connectivity index (χ3n) is 5.91. The third-order valence-corrected chi connectivity index (χ3v) is 6.83. The molecule has 2 heterocycles. The number of aromatic nitrogens is 2. The predicted molar refractivity (Wildman–Crippen MR) is 143 cm³/mol. The monoisotopic (exact) mass is 488 g/mol. The normalized spacial score (nSPS) is 12.1. The van der Waals surface area contributed by atoms with Crippen molar-refractivity contribution in [1.29, 1.82) is 0 Å². The van der Waals surface area contributed by atoms with E-state index in [9.17, 15) is 4.79 Å². The summed E-state index contributed by atoms with van der Waals surface area (Å²) in [5.74, 6) is 0.589. The zero-order valence-corrected chi connectivity index (χ0v) is 21.7. The molecule has 0 fully saturated rings. The Bertz CT molecular complexity index is 1290. The zero-order valence-electron chi connectivity index (χ0n) is 20.9. The quantitative estimate of drug-likeness (QED) is 0.335. The predicted octanol–water partition coefficient (Wildman–Crippen LogP) is 5.56. The van der Waals surface area contributed by atoms with Gasteiger partial charge in [0.25, 0.3) is 5.91 Å². The van der Waals surface area contributed by atoms with Crippen LogP contribution >= 0.6 is 11.3 Å². The lowest BCUT2D eigenvalue weighted by Gasteiger charge is -2.18. The van der Waals surface area contributed by atoms with E-state index in [1.165, 1.54) is 4.88 Å². The van der Waals surface area contributed by atoms with Crippen LogP contribution in [0.15, 0.2) is 66.3 Å². The lowest BCUT2D eigenvalue weighted by molar-refractivity contribution is 0.0938. The SMILES string of the molecule is Cc1ccc(OCCN(C)C)cc1C(=O)N[C@H](C)c1cc(-c2cnn(C)c2)cc(-c2cccs2)c1. The van der Waals surface area contributed by atoms with Gasteiger partial charge in [0, 0.05) is 35.8 Å². The molecule has 0 aliphatic heterocycles. The molecular formula is C28H32N4O2S. The van der Waals surface area contributed by atoms with Gasteiger partial charge in [0.2, 0.25) is 0 Å². The highest BCUT2D eigenvalue weighted by atomic mass is 32.1. The number of aryl methyl sites for hydroxylation is 2. The van der Waals surface area contributed by atoms with Crippen LogP contribution in [0.5, 0.6) is 5.75 Å².